The number of phenols is 1. The molecule has 1 atom stereocenters. The first-order valence-corrected chi connectivity index (χ1v) is 10.9. The maximum Gasteiger partial charge on any atom is 0.200 e. The van der Waals surface area contributed by atoms with E-state index in [0.29, 0.717) is 24.1 Å². The molecule has 1 saturated heterocycles. The van der Waals surface area contributed by atoms with Crippen molar-refractivity contribution in [2.24, 2.45) is 4.99 Å². The third-order valence-corrected chi connectivity index (χ3v) is 5.40. The number of piperidine rings is 1. The first kappa shape index (κ1) is 26.1. The van der Waals surface area contributed by atoms with Crippen molar-refractivity contribution in [3.63, 3.8) is 0 Å². The first-order valence-electron chi connectivity index (χ1n) is 10.9. The number of nitrogens with zero attached hydrogens (tertiary/aromatic N) is 2. The molecule has 32 heavy (non-hydrogen) atoms. The number of aromatic hydroxyl groups is 1. The number of guanidine groups is 1. The van der Waals surface area contributed by atoms with Crippen molar-refractivity contribution < 1.29 is 14.6 Å². The van der Waals surface area contributed by atoms with Gasteiger partial charge in [-0.1, -0.05) is 30.3 Å². The minimum absolute atomic E-state index is 0. The van der Waals surface area contributed by atoms with Gasteiger partial charge in [-0.3, -0.25) is 4.90 Å². The zero-order valence-corrected chi connectivity index (χ0v) is 21.5. The highest BCUT2D eigenvalue weighted by molar-refractivity contribution is 14.0. The van der Waals surface area contributed by atoms with E-state index in [1.807, 2.05) is 0 Å². The number of rotatable bonds is 8. The first-order chi connectivity index (χ1) is 15.1. The molecule has 1 unspecified atom stereocenters. The van der Waals surface area contributed by atoms with E-state index in [9.17, 15) is 5.11 Å². The second kappa shape index (κ2) is 13.4. The molecule has 2 aromatic rings. The summed E-state index contributed by atoms with van der Waals surface area (Å²) in [5.74, 6) is 1.56. The Morgan fingerprint density at radius 2 is 1.81 bits per heavy atom. The molecule has 1 aliphatic heterocycles. The Hall–Kier alpha value is -2.20. The van der Waals surface area contributed by atoms with Crippen LogP contribution in [0.3, 0.4) is 0 Å². The number of methoxy groups -OCH3 is 2. The summed E-state index contributed by atoms with van der Waals surface area (Å²) in [7, 11) is 3.05. The van der Waals surface area contributed by atoms with Crippen LogP contribution >= 0.6 is 24.0 Å². The van der Waals surface area contributed by atoms with E-state index in [-0.39, 0.29) is 29.7 Å². The van der Waals surface area contributed by atoms with Crippen molar-refractivity contribution in [3.05, 3.63) is 53.6 Å². The summed E-state index contributed by atoms with van der Waals surface area (Å²) in [6, 6.07) is 14.5. The topological polar surface area (TPSA) is 78.4 Å². The summed E-state index contributed by atoms with van der Waals surface area (Å²) >= 11 is 0. The van der Waals surface area contributed by atoms with E-state index >= 15 is 0 Å². The van der Waals surface area contributed by atoms with Crippen LogP contribution in [0, 0.1) is 0 Å². The van der Waals surface area contributed by atoms with Crippen molar-refractivity contribution in [1.29, 1.82) is 0 Å². The molecule has 1 fully saturated rings. The maximum atomic E-state index is 10.1. The van der Waals surface area contributed by atoms with Gasteiger partial charge in [0.05, 0.1) is 20.8 Å². The van der Waals surface area contributed by atoms with Gasteiger partial charge in [-0.15, -0.1) is 24.0 Å². The van der Waals surface area contributed by atoms with Crippen LogP contribution < -0.4 is 20.1 Å². The van der Waals surface area contributed by atoms with Crippen molar-refractivity contribution in [2.45, 2.75) is 38.9 Å². The second-order valence-corrected chi connectivity index (χ2v) is 7.75. The van der Waals surface area contributed by atoms with Gasteiger partial charge in [0.2, 0.25) is 5.75 Å². The third kappa shape index (κ3) is 7.44. The van der Waals surface area contributed by atoms with Crippen LogP contribution in [-0.2, 0) is 13.1 Å². The lowest BCUT2D eigenvalue weighted by molar-refractivity contribution is 0.192. The van der Waals surface area contributed by atoms with Crippen LogP contribution in [0.5, 0.6) is 17.2 Å². The Morgan fingerprint density at radius 3 is 2.44 bits per heavy atom. The van der Waals surface area contributed by atoms with Crippen LogP contribution in [0.15, 0.2) is 47.5 Å². The number of likely N-dealkylation sites (tertiary alicyclic amines) is 1. The normalized spacial score (nSPS) is 16.7. The molecule has 1 aliphatic rings. The minimum atomic E-state index is 0. The van der Waals surface area contributed by atoms with E-state index in [1.165, 1.54) is 19.8 Å². The van der Waals surface area contributed by atoms with Crippen molar-refractivity contribution in [3.8, 4) is 17.2 Å². The summed E-state index contributed by atoms with van der Waals surface area (Å²) < 4.78 is 10.5. The molecule has 1 heterocycles. The third-order valence-electron chi connectivity index (χ3n) is 5.40. The fourth-order valence-corrected chi connectivity index (χ4v) is 3.88. The molecule has 2 aromatic carbocycles. The van der Waals surface area contributed by atoms with Gasteiger partial charge in [0, 0.05) is 25.7 Å². The molecule has 0 bridgehead atoms. The Bertz CT molecular complexity index is 839. The lowest BCUT2D eigenvalue weighted by atomic mass is 10.0. The van der Waals surface area contributed by atoms with Crippen LogP contribution in [-0.4, -0.2) is 55.9 Å². The quantitative estimate of drug-likeness (QED) is 0.262. The second-order valence-electron chi connectivity index (χ2n) is 7.75. The Labute approximate surface area is 208 Å². The van der Waals surface area contributed by atoms with Gasteiger partial charge < -0.3 is 25.2 Å². The van der Waals surface area contributed by atoms with Gasteiger partial charge in [-0.05, 0) is 49.6 Å². The lowest BCUT2D eigenvalue weighted by Gasteiger charge is -2.34. The van der Waals surface area contributed by atoms with Crippen LogP contribution in [0.25, 0.3) is 0 Å². The highest BCUT2D eigenvalue weighted by Crippen LogP contribution is 2.37. The fourth-order valence-electron chi connectivity index (χ4n) is 3.88. The Balaban J connectivity index is 0.00000363. The number of halogens is 1. The highest BCUT2D eigenvalue weighted by atomic mass is 127. The van der Waals surface area contributed by atoms with Crippen LogP contribution in [0.1, 0.15) is 30.9 Å². The molecular weight excluding hydrogens is 519 g/mol. The largest absolute Gasteiger partial charge is 0.502 e. The summed E-state index contributed by atoms with van der Waals surface area (Å²) in [4.78, 5) is 7.25. The lowest BCUT2D eigenvalue weighted by Crippen LogP contribution is -2.50. The van der Waals surface area contributed by atoms with E-state index < -0.39 is 0 Å². The molecule has 0 aliphatic carbocycles. The molecule has 0 radical (unpaired) electrons. The van der Waals surface area contributed by atoms with Gasteiger partial charge in [0.15, 0.2) is 17.5 Å². The molecule has 0 aromatic heterocycles. The molecule has 0 amide bonds. The molecule has 3 N–H and O–H groups in total. The summed E-state index contributed by atoms with van der Waals surface area (Å²) in [6.45, 7) is 6.37. The number of hydrogen-bond acceptors (Lipinski definition) is 5. The Morgan fingerprint density at radius 1 is 1.12 bits per heavy atom. The van der Waals surface area contributed by atoms with Gasteiger partial charge in [-0.25, -0.2) is 4.99 Å². The number of phenolic OH excluding ortho intramolecular Hbond substituents is 1. The molecule has 8 heteroatoms. The minimum Gasteiger partial charge on any atom is -0.502 e. The van der Waals surface area contributed by atoms with Crippen molar-refractivity contribution in [2.75, 3.05) is 33.9 Å². The smallest absolute Gasteiger partial charge is 0.200 e. The highest BCUT2D eigenvalue weighted by Gasteiger charge is 2.21. The van der Waals surface area contributed by atoms with Crippen LogP contribution in [0.2, 0.25) is 0 Å². The predicted octanol–water partition coefficient (Wildman–Crippen LogP) is 3.75. The van der Waals surface area contributed by atoms with Crippen molar-refractivity contribution in [1.82, 2.24) is 15.5 Å². The zero-order chi connectivity index (χ0) is 22.1. The SMILES string of the molecule is CCNC(=NCc1cc(OC)c(O)c(OC)c1)NC1CCCN(Cc2ccccc2)C1.I. The maximum absolute atomic E-state index is 10.1. The van der Waals surface area contributed by atoms with E-state index in [2.05, 4.69) is 52.8 Å². The number of ether oxygens (including phenoxy) is 2. The number of hydrogen-bond donors (Lipinski definition) is 3. The zero-order valence-electron chi connectivity index (χ0n) is 19.1. The average molecular weight is 554 g/mol. The molecule has 3 rings (SSSR count). The fraction of sp³-hybridized carbons (Fsp3) is 0.458. The summed E-state index contributed by atoms with van der Waals surface area (Å²) in [5.41, 5.74) is 2.25. The molecule has 0 spiro atoms. The molecular formula is C24H35IN4O3. The Kier molecular flexibility index (Phi) is 10.9. The molecule has 7 nitrogen and oxygen atoms in total. The van der Waals surface area contributed by atoms with E-state index in [1.54, 1.807) is 12.1 Å². The number of nitrogens with one attached hydrogen (secondary N) is 2. The van der Waals surface area contributed by atoms with Gasteiger partial charge >= 0.3 is 0 Å². The van der Waals surface area contributed by atoms with E-state index in [4.69, 9.17) is 14.5 Å². The summed E-state index contributed by atoms with van der Waals surface area (Å²) in [6.07, 6.45) is 2.28. The summed E-state index contributed by atoms with van der Waals surface area (Å²) in [5, 5.41) is 17.0. The predicted molar refractivity (Wildman–Crippen MR) is 139 cm³/mol. The van der Waals surface area contributed by atoms with Gasteiger partial charge in [0.1, 0.15) is 0 Å². The van der Waals surface area contributed by atoms with Gasteiger partial charge in [0.25, 0.3) is 0 Å². The number of benzene rings is 2. The number of aliphatic imine (C=N–C) groups is 1. The van der Waals surface area contributed by atoms with E-state index in [0.717, 1.165) is 50.5 Å². The standard InChI is InChI=1S/C24H34N4O3.HI/c1-4-25-24(26-15-19-13-21(30-2)23(29)22(14-19)31-3)27-20-11-8-12-28(17-20)16-18-9-6-5-7-10-18;/h5-7,9-10,13-14,20,29H,4,8,11-12,15-17H2,1-3H3,(H2,25,26,27);1H. The monoisotopic (exact) mass is 554 g/mol. The van der Waals surface area contributed by atoms with Crippen molar-refractivity contribution >= 4 is 29.9 Å². The van der Waals surface area contributed by atoms with Crippen LogP contribution in [0.4, 0.5) is 0 Å². The average Bonchev–Trinajstić information content (AvgIpc) is 2.79. The van der Waals surface area contributed by atoms with Gasteiger partial charge in [-0.2, -0.15) is 0 Å². The molecule has 0 saturated carbocycles. The molecule has 176 valence electrons.